The van der Waals surface area contributed by atoms with Crippen LogP contribution in [0.5, 0.6) is 5.75 Å². The highest BCUT2D eigenvalue weighted by molar-refractivity contribution is 6.32. The molecule has 3 rings (SSSR count). The van der Waals surface area contributed by atoms with Gasteiger partial charge in [0, 0.05) is 5.92 Å². The molecule has 94 valence electrons. The van der Waals surface area contributed by atoms with Gasteiger partial charge in [0.15, 0.2) is 0 Å². The van der Waals surface area contributed by atoms with E-state index >= 15 is 0 Å². The number of halogens is 1. The number of aromatic amines is 1. The number of nitrogens with one attached hydrogen (secondary N) is 1. The summed E-state index contributed by atoms with van der Waals surface area (Å²) in [6.07, 6.45) is 2.16. The Balaban J connectivity index is 2.12. The van der Waals surface area contributed by atoms with E-state index in [2.05, 4.69) is 10.2 Å². The van der Waals surface area contributed by atoms with E-state index in [9.17, 15) is 4.79 Å². The number of nitrogens with zero attached hydrogens (tertiary/aromatic N) is 2. The lowest BCUT2D eigenvalue weighted by Crippen LogP contribution is -2.16. The predicted molar refractivity (Wildman–Crippen MR) is 67.7 cm³/mol. The molecule has 1 N–H and O–H groups in total. The smallest absolute Gasteiger partial charge is 0.347 e. The summed E-state index contributed by atoms with van der Waals surface area (Å²) in [5.41, 5.74) is 0.472. The molecule has 5 nitrogen and oxygen atoms in total. The zero-order valence-corrected chi connectivity index (χ0v) is 10.6. The Morgan fingerprint density at radius 1 is 1.50 bits per heavy atom. The highest BCUT2D eigenvalue weighted by Crippen LogP contribution is 2.39. The van der Waals surface area contributed by atoms with Gasteiger partial charge in [-0.25, -0.2) is 14.5 Å². The van der Waals surface area contributed by atoms with E-state index in [1.807, 2.05) is 0 Å². The van der Waals surface area contributed by atoms with Gasteiger partial charge < -0.3 is 4.74 Å². The van der Waals surface area contributed by atoms with Crippen molar-refractivity contribution < 1.29 is 4.74 Å². The molecule has 0 bridgehead atoms. The number of H-pyrrole nitrogens is 1. The average Bonchev–Trinajstić information content (AvgIpc) is 3.13. The fraction of sp³-hybridized carbons (Fsp3) is 0.333. The molecule has 0 radical (unpaired) electrons. The van der Waals surface area contributed by atoms with Gasteiger partial charge in [0.25, 0.3) is 0 Å². The minimum absolute atomic E-state index is 0.238. The maximum atomic E-state index is 11.8. The molecule has 1 aromatic heterocycles. The summed E-state index contributed by atoms with van der Waals surface area (Å²) >= 11 is 6.08. The summed E-state index contributed by atoms with van der Waals surface area (Å²) in [5.74, 6) is 1.75. The number of rotatable bonds is 3. The standard InChI is InChI=1S/C12H12ClN3O2/c1-18-10-5-4-8(6-9(10)13)16-11(7-2-3-7)14-15-12(16)17/h4-7H,2-3H2,1H3,(H,15,17). The lowest BCUT2D eigenvalue weighted by Gasteiger charge is -2.07. The maximum absolute atomic E-state index is 11.8. The molecule has 1 aliphatic carbocycles. The topological polar surface area (TPSA) is 59.9 Å². The van der Waals surface area contributed by atoms with E-state index < -0.39 is 0 Å². The van der Waals surface area contributed by atoms with Crippen molar-refractivity contribution in [3.8, 4) is 11.4 Å². The van der Waals surface area contributed by atoms with Crippen molar-refractivity contribution in [2.24, 2.45) is 0 Å². The van der Waals surface area contributed by atoms with Crippen molar-refractivity contribution in [3.05, 3.63) is 39.5 Å². The summed E-state index contributed by atoms with van der Waals surface area (Å²) in [4.78, 5) is 11.8. The lowest BCUT2D eigenvalue weighted by atomic mass is 10.3. The van der Waals surface area contributed by atoms with Crippen molar-refractivity contribution in [2.75, 3.05) is 7.11 Å². The second-order valence-corrected chi connectivity index (χ2v) is 4.72. The monoisotopic (exact) mass is 265 g/mol. The highest BCUT2D eigenvalue weighted by Gasteiger charge is 2.30. The normalized spacial score (nSPS) is 14.8. The number of ether oxygens (including phenoxy) is 1. The molecular formula is C12H12ClN3O2. The van der Waals surface area contributed by atoms with Gasteiger partial charge in [-0.1, -0.05) is 11.6 Å². The number of hydrogen-bond acceptors (Lipinski definition) is 3. The molecule has 1 fully saturated rings. The second kappa shape index (κ2) is 4.17. The van der Waals surface area contributed by atoms with E-state index in [1.54, 1.807) is 29.9 Å². The van der Waals surface area contributed by atoms with E-state index in [-0.39, 0.29) is 5.69 Å². The summed E-state index contributed by atoms with van der Waals surface area (Å²) in [6.45, 7) is 0. The molecule has 0 saturated heterocycles. The Kier molecular flexibility index (Phi) is 2.63. The third-order valence-corrected chi connectivity index (χ3v) is 3.33. The van der Waals surface area contributed by atoms with Crippen LogP contribution in [-0.2, 0) is 0 Å². The average molecular weight is 266 g/mol. The predicted octanol–water partition coefficient (Wildman–Crippen LogP) is 2.10. The van der Waals surface area contributed by atoms with E-state index in [0.29, 0.717) is 22.4 Å². The molecule has 0 spiro atoms. The van der Waals surface area contributed by atoms with Gasteiger partial charge in [0.2, 0.25) is 0 Å². The largest absolute Gasteiger partial charge is 0.495 e. The number of aromatic nitrogens is 3. The molecular weight excluding hydrogens is 254 g/mol. The molecule has 1 saturated carbocycles. The first-order chi connectivity index (χ1) is 8.70. The molecule has 2 aromatic rings. The first kappa shape index (κ1) is 11.3. The Morgan fingerprint density at radius 3 is 2.89 bits per heavy atom. The van der Waals surface area contributed by atoms with Crippen LogP contribution >= 0.6 is 11.6 Å². The lowest BCUT2D eigenvalue weighted by molar-refractivity contribution is 0.415. The van der Waals surface area contributed by atoms with Gasteiger partial charge in [0.05, 0.1) is 17.8 Å². The van der Waals surface area contributed by atoms with E-state index in [4.69, 9.17) is 16.3 Å². The van der Waals surface area contributed by atoms with Gasteiger partial charge in [-0.15, -0.1) is 0 Å². The Labute approximate surface area is 108 Å². The van der Waals surface area contributed by atoms with Crippen LogP contribution in [-0.4, -0.2) is 21.9 Å². The Hall–Kier alpha value is -1.75. The molecule has 0 unspecified atom stereocenters. The van der Waals surface area contributed by atoms with Crippen LogP contribution in [0.3, 0.4) is 0 Å². The van der Waals surface area contributed by atoms with Crippen molar-refractivity contribution >= 4 is 11.6 Å². The van der Waals surface area contributed by atoms with Crippen molar-refractivity contribution in [3.63, 3.8) is 0 Å². The van der Waals surface area contributed by atoms with Gasteiger partial charge in [0.1, 0.15) is 11.6 Å². The van der Waals surface area contributed by atoms with Gasteiger partial charge in [-0.3, -0.25) is 0 Å². The minimum atomic E-state index is -0.238. The Morgan fingerprint density at radius 2 is 2.28 bits per heavy atom. The Bertz CT molecular complexity index is 643. The van der Waals surface area contributed by atoms with E-state index in [1.165, 1.54) is 0 Å². The molecule has 6 heteroatoms. The first-order valence-electron chi connectivity index (χ1n) is 5.72. The van der Waals surface area contributed by atoms with E-state index in [0.717, 1.165) is 18.7 Å². The summed E-state index contributed by atoms with van der Waals surface area (Å²) < 4.78 is 6.67. The van der Waals surface area contributed by atoms with Crippen LogP contribution < -0.4 is 10.4 Å². The third-order valence-electron chi connectivity index (χ3n) is 3.03. The van der Waals surface area contributed by atoms with Crippen LogP contribution in [0, 0.1) is 0 Å². The number of hydrogen-bond donors (Lipinski definition) is 1. The van der Waals surface area contributed by atoms with Crippen LogP contribution in [0.2, 0.25) is 5.02 Å². The number of methoxy groups -OCH3 is 1. The fourth-order valence-corrected chi connectivity index (χ4v) is 2.22. The molecule has 1 aliphatic rings. The second-order valence-electron chi connectivity index (χ2n) is 4.32. The molecule has 0 atom stereocenters. The fourth-order valence-electron chi connectivity index (χ4n) is 1.97. The maximum Gasteiger partial charge on any atom is 0.347 e. The first-order valence-corrected chi connectivity index (χ1v) is 6.09. The van der Waals surface area contributed by atoms with Crippen LogP contribution in [0.1, 0.15) is 24.6 Å². The van der Waals surface area contributed by atoms with Gasteiger partial charge >= 0.3 is 5.69 Å². The highest BCUT2D eigenvalue weighted by atomic mass is 35.5. The summed E-state index contributed by atoms with van der Waals surface area (Å²) in [6, 6.07) is 5.25. The summed E-state index contributed by atoms with van der Waals surface area (Å²) in [7, 11) is 1.56. The number of benzene rings is 1. The zero-order valence-electron chi connectivity index (χ0n) is 9.81. The van der Waals surface area contributed by atoms with Crippen molar-refractivity contribution in [2.45, 2.75) is 18.8 Å². The van der Waals surface area contributed by atoms with Gasteiger partial charge in [-0.2, -0.15) is 5.10 Å². The molecule has 1 heterocycles. The molecule has 0 aliphatic heterocycles. The SMILES string of the molecule is COc1ccc(-n2c(C3CC3)n[nH]c2=O)cc1Cl. The third kappa shape index (κ3) is 1.80. The molecule has 0 amide bonds. The summed E-state index contributed by atoms with van der Waals surface area (Å²) in [5, 5.41) is 7.04. The molecule has 18 heavy (non-hydrogen) atoms. The molecule has 1 aromatic carbocycles. The van der Waals surface area contributed by atoms with Crippen LogP contribution in [0.25, 0.3) is 5.69 Å². The van der Waals surface area contributed by atoms with Crippen molar-refractivity contribution in [1.29, 1.82) is 0 Å². The zero-order chi connectivity index (χ0) is 12.7. The minimum Gasteiger partial charge on any atom is -0.495 e. The van der Waals surface area contributed by atoms with Crippen molar-refractivity contribution in [1.82, 2.24) is 14.8 Å². The van der Waals surface area contributed by atoms with Crippen LogP contribution in [0.15, 0.2) is 23.0 Å². The van der Waals surface area contributed by atoms with Gasteiger partial charge in [-0.05, 0) is 31.0 Å². The quantitative estimate of drug-likeness (QED) is 0.925. The van der Waals surface area contributed by atoms with Crippen LogP contribution in [0.4, 0.5) is 0 Å².